The lowest BCUT2D eigenvalue weighted by Gasteiger charge is -2.33. The Kier molecular flexibility index (Phi) is 5.69. The summed E-state index contributed by atoms with van der Waals surface area (Å²) in [4.78, 5) is 25.5. The molecule has 7 nitrogen and oxygen atoms in total. The van der Waals surface area contributed by atoms with Gasteiger partial charge in [0.25, 0.3) is 0 Å². The summed E-state index contributed by atoms with van der Waals surface area (Å²) in [6.45, 7) is 1.38. The Hall–Kier alpha value is -2.87. The fourth-order valence-corrected chi connectivity index (χ4v) is 3.89. The number of rotatable bonds is 5. The van der Waals surface area contributed by atoms with Gasteiger partial charge in [0, 0.05) is 36.5 Å². The first-order chi connectivity index (χ1) is 13.3. The molecular formula is C20H22N2O5S. The molecule has 8 heteroatoms. The minimum atomic E-state index is -3.44. The van der Waals surface area contributed by atoms with E-state index in [0.717, 1.165) is 18.2 Å². The summed E-state index contributed by atoms with van der Waals surface area (Å²) < 4.78 is 23.4. The Labute approximate surface area is 163 Å². The van der Waals surface area contributed by atoms with E-state index in [2.05, 4.69) is 10.2 Å². The van der Waals surface area contributed by atoms with Crippen molar-refractivity contribution in [2.75, 3.05) is 29.6 Å². The van der Waals surface area contributed by atoms with E-state index in [1.807, 2.05) is 12.1 Å². The van der Waals surface area contributed by atoms with Gasteiger partial charge in [0.15, 0.2) is 9.84 Å². The zero-order valence-corrected chi connectivity index (χ0v) is 16.3. The summed E-state index contributed by atoms with van der Waals surface area (Å²) in [6, 6.07) is 11.1. The van der Waals surface area contributed by atoms with Crippen LogP contribution in [0.2, 0.25) is 0 Å². The van der Waals surface area contributed by atoms with Gasteiger partial charge in [-0.1, -0.05) is 0 Å². The average Bonchev–Trinajstić information content (AvgIpc) is 2.69. The molecule has 1 amide bonds. The van der Waals surface area contributed by atoms with Gasteiger partial charge in [-0.05, 0) is 55.3 Å². The summed E-state index contributed by atoms with van der Waals surface area (Å²) in [5, 5.41) is 12.6. The molecule has 0 atom stereocenters. The Bertz CT molecular complexity index is 978. The van der Waals surface area contributed by atoms with Crippen LogP contribution in [0.3, 0.4) is 0 Å². The molecule has 0 aromatic heterocycles. The number of hydrogen-bond donors (Lipinski definition) is 2. The number of sulfone groups is 1. The van der Waals surface area contributed by atoms with Gasteiger partial charge in [-0.3, -0.25) is 9.59 Å². The number of nitrogens with zero attached hydrogens (tertiary/aromatic N) is 1. The quantitative estimate of drug-likeness (QED) is 0.588. The fraction of sp³-hybridized carbons (Fsp3) is 0.300. The third-order valence-corrected chi connectivity index (χ3v) is 6.02. The number of anilines is 2. The van der Waals surface area contributed by atoms with Crippen LogP contribution in [0.25, 0.3) is 0 Å². The number of phenols is 1. The van der Waals surface area contributed by atoms with Crippen LogP contribution < -0.4 is 10.2 Å². The molecular weight excluding hydrogens is 380 g/mol. The summed E-state index contributed by atoms with van der Waals surface area (Å²) in [5.41, 5.74) is 1.72. The molecule has 1 fully saturated rings. The molecule has 1 saturated heterocycles. The van der Waals surface area contributed by atoms with Crippen molar-refractivity contribution in [3.8, 4) is 5.75 Å². The molecule has 0 unspecified atom stereocenters. The highest BCUT2D eigenvalue weighted by atomic mass is 32.2. The van der Waals surface area contributed by atoms with Crippen LogP contribution in [-0.4, -0.2) is 45.1 Å². The molecule has 0 saturated carbocycles. The van der Waals surface area contributed by atoms with Crippen molar-refractivity contribution in [2.24, 2.45) is 5.92 Å². The lowest BCUT2D eigenvalue weighted by molar-refractivity contribution is -0.120. The normalized spacial score (nSPS) is 15.2. The highest BCUT2D eigenvalue weighted by Gasteiger charge is 2.26. The highest BCUT2D eigenvalue weighted by molar-refractivity contribution is 7.90. The van der Waals surface area contributed by atoms with Crippen molar-refractivity contribution in [2.45, 2.75) is 17.7 Å². The van der Waals surface area contributed by atoms with Crippen LogP contribution in [0.5, 0.6) is 5.75 Å². The predicted molar refractivity (Wildman–Crippen MR) is 107 cm³/mol. The van der Waals surface area contributed by atoms with E-state index in [1.165, 1.54) is 18.2 Å². The Balaban J connectivity index is 1.63. The monoisotopic (exact) mass is 402 g/mol. The number of carbonyl (C=O) groups excluding carboxylic acids is 2. The third kappa shape index (κ3) is 4.51. The van der Waals surface area contributed by atoms with Crippen LogP contribution in [0.15, 0.2) is 47.4 Å². The molecule has 0 radical (unpaired) electrons. The fourth-order valence-electron chi connectivity index (χ4n) is 3.24. The number of phenolic OH excluding ortho intramolecular Hbond substituents is 1. The molecule has 3 rings (SSSR count). The van der Waals surface area contributed by atoms with Crippen molar-refractivity contribution in [1.29, 1.82) is 0 Å². The van der Waals surface area contributed by atoms with Gasteiger partial charge >= 0.3 is 0 Å². The first-order valence-corrected chi connectivity index (χ1v) is 10.8. The second-order valence-electron chi connectivity index (χ2n) is 6.91. The van der Waals surface area contributed by atoms with Crippen LogP contribution in [0.1, 0.15) is 23.2 Å². The van der Waals surface area contributed by atoms with Gasteiger partial charge in [-0.25, -0.2) is 8.42 Å². The van der Waals surface area contributed by atoms with Crippen molar-refractivity contribution in [3.63, 3.8) is 0 Å². The third-order valence-electron chi connectivity index (χ3n) is 4.91. The lowest BCUT2D eigenvalue weighted by Crippen LogP contribution is -2.38. The van der Waals surface area contributed by atoms with E-state index in [9.17, 15) is 23.1 Å². The van der Waals surface area contributed by atoms with Gasteiger partial charge < -0.3 is 15.3 Å². The summed E-state index contributed by atoms with van der Waals surface area (Å²) in [5.74, 6) is -0.642. The maximum absolute atomic E-state index is 12.6. The molecule has 1 heterocycles. The highest BCUT2D eigenvalue weighted by Crippen LogP contribution is 2.29. The standard InChI is InChI=1S/C20H22N2O5S/c1-28(26,27)17-6-7-19(24)18(12-17)21-20(25)15-8-10-22(11-9-15)16-4-2-14(13-23)3-5-16/h2-7,12-13,15,24H,8-11H2,1H3,(H,21,25). The first kappa shape index (κ1) is 19.9. The number of nitrogens with one attached hydrogen (secondary N) is 1. The SMILES string of the molecule is CS(=O)(=O)c1ccc(O)c(NC(=O)C2CCN(c3ccc(C=O)cc3)CC2)c1. The van der Waals surface area contributed by atoms with Crippen LogP contribution in [0.4, 0.5) is 11.4 Å². The van der Waals surface area contributed by atoms with E-state index in [1.54, 1.807) is 12.1 Å². The first-order valence-electron chi connectivity index (χ1n) is 8.92. The zero-order chi connectivity index (χ0) is 20.3. The van der Waals surface area contributed by atoms with E-state index in [4.69, 9.17) is 0 Å². The van der Waals surface area contributed by atoms with E-state index in [0.29, 0.717) is 31.5 Å². The largest absolute Gasteiger partial charge is 0.506 e. The molecule has 2 aromatic carbocycles. The average molecular weight is 402 g/mol. The number of piperidine rings is 1. The molecule has 28 heavy (non-hydrogen) atoms. The van der Waals surface area contributed by atoms with Crippen LogP contribution >= 0.6 is 0 Å². The maximum atomic E-state index is 12.6. The van der Waals surface area contributed by atoms with Gasteiger partial charge in [-0.2, -0.15) is 0 Å². The summed E-state index contributed by atoms with van der Waals surface area (Å²) >= 11 is 0. The Morgan fingerprint density at radius 2 is 1.79 bits per heavy atom. The summed E-state index contributed by atoms with van der Waals surface area (Å²) in [6.07, 6.45) is 3.14. The lowest BCUT2D eigenvalue weighted by atomic mass is 9.95. The maximum Gasteiger partial charge on any atom is 0.227 e. The molecule has 2 N–H and O–H groups in total. The number of carbonyl (C=O) groups is 2. The minimum Gasteiger partial charge on any atom is -0.506 e. The number of hydrogen-bond acceptors (Lipinski definition) is 6. The molecule has 148 valence electrons. The van der Waals surface area contributed by atoms with E-state index in [-0.39, 0.29) is 28.2 Å². The van der Waals surface area contributed by atoms with Gasteiger partial charge in [0.2, 0.25) is 5.91 Å². The second-order valence-corrected chi connectivity index (χ2v) is 8.93. The molecule has 2 aromatic rings. The van der Waals surface area contributed by atoms with Gasteiger partial charge in [0.05, 0.1) is 10.6 Å². The summed E-state index contributed by atoms with van der Waals surface area (Å²) in [7, 11) is -3.44. The second kappa shape index (κ2) is 8.02. The number of amides is 1. The number of aldehydes is 1. The van der Waals surface area contributed by atoms with Gasteiger partial charge in [0.1, 0.15) is 12.0 Å². The van der Waals surface area contributed by atoms with Crippen molar-refractivity contribution < 1.29 is 23.1 Å². The topological polar surface area (TPSA) is 104 Å². The Morgan fingerprint density at radius 3 is 2.36 bits per heavy atom. The molecule has 1 aliphatic heterocycles. The smallest absolute Gasteiger partial charge is 0.227 e. The molecule has 0 spiro atoms. The van der Waals surface area contributed by atoms with Crippen LogP contribution in [0, 0.1) is 5.92 Å². The number of aromatic hydroxyl groups is 1. The number of benzene rings is 2. The van der Waals surface area contributed by atoms with E-state index >= 15 is 0 Å². The predicted octanol–water partition coefficient (Wildman–Crippen LogP) is 2.46. The zero-order valence-electron chi connectivity index (χ0n) is 15.5. The van der Waals surface area contributed by atoms with Crippen LogP contribution in [-0.2, 0) is 14.6 Å². The van der Waals surface area contributed by atoms with Crippen molar-refractivity contribution in [1.82, 2.24) is 0 Å². The Morgan fingerprint density at radius 1 is 1.14 bits per heavy atom. The van der Waals surface area contributed by atoms with E-state index < -0.39 is 9.84 Å². The van der Waals surface area contributed by atoms with Crippen molar-refractivity contribution >= 4 is 33.4 Å². The molecule has 1 aliphatic rings. The molecule has 0 aliphatic carbocycles. The minimum absolute atomic E-state index is 0.0363. The van der Waals surface area contributed by atoms with Gasteiger partial charge in [-0.15, -0.1) is 0 Å². The van der Waals surface area contributed by atoms with Crippen molar-refractivity contribution in [3.05, 3.63) is 48.0 Å². The molecule has 0 bridgehead atoms.